The molecule has 0 spiro atoms. The molecule has 0 saturated heterocycles. The molecule has 0 aromatic heterocycles. The molecule has 0 saturated carbocycles. The zero-order valence-electron chi connectivity index (χ0n) is 7.02. The summed E-state index contributed by atoms with van der Waals surface area (Å²) in [4.78, 5) is 0. The van der Waals surface area contributed by atoms with E-state index in [2.05, 4.69) is 13.5 Å². The van der Waals surface area contributed by atoms with E-state index >= 15 is 0 Å². The summed E-state index contributed by atoms with van der Waals surface area (Å²) in [7, 11) is 0. The highest BCUT2D eigenvalue weighted by molar-refractivity contribution is 8.17. The van der Waals surface area contributed by atoms with Crippen molar-refractivity contribution in [1.82, 2.24) is 0 Å². The molecule has 0 radical (unpaired) electrons. The molecule has 0 rings (SSSR count). The summed E-state index contributed by atoms with van der Waals surface area (Å²) >= 11 is 12.2. The third-order valence-corrected chi connectivity index (χ3v) is 5.09. The van der Waals surface area contributed by atoms with Gasteiger partial charge in [0, 0.05) is 0 Å². The first-order chi connectivity index (χ1) is 5.12. The van der Waals surface area contributed by atoms with Crippen molar-refractivity contribution in [1.29, 1.82) is 0 Å². The predicted octanol–water partition coefficient (Wildman–Crippen LogP) is 4.69. The van der Waals surface area contributed by atoms with Gasteiger partial charge in [-0.3, -0.25) is 0 Å². The number of halogens is 2. The fourth-order valence-electron chi connectivity index (χ4n) is 0.873. The molecule has 0 aliphatic carbocycles. The molecule has 0 bridgehead atoms. The zero-order chi connectivity index (χ0) is 8.74. The van der Waals surface area contributed by atoms with Crippen LogP contribution < -0.4 is 0 Å². The van der Waals surface area contributed by atoms with Crippen LogP contribution in [0.15, 0.2) is 12.7 Å². The monoisotopic (exact) mass is 213 g/mol. The molecule has 0 unspecified atom stereocenters. The molecule has 11 heavy (non-hydrogen) atoms. The second-order valence-electron chi connectivity index (χ2n) is 2.67. The summed E-state index contributed by atoms with van der Waals surface area (Å²) in [5.41, 5.74) is 0. The maximum absolute atomic E-state index is 6.08. The van der Waals surface area contributed by atoms with Crippen LogP contribution >= 0.6 is 28.4 Å². The van der Waals surface area contributed by atoms with Crippen LogP contribution in [-0.4, -0.2) is 12.3 Å². The maximum Gasteiger partial charge on any atom is 0.215 e. The minimum absolute atomic E-state index is 0.791. The summed E-state index contributed by atoms with van der Waals surface area (Å²) in [6.07, 6.45) is 7.21. The quantitative estimate of drug-likeness (QED) is 0.342. The Morgan fingerprint density at radius 3 is 2.45 bits per heavy atom. The lowest BCUT2D eigenvalue weighted by Gasteiger charge is -2.06. The zero-order valence-corrected chi connectivity index (χ0v) is 9.43. The lowest BCUT2D eigenvalue weighted by molar-refractivity contribution is 0.776. The van der Waals surface area contributed by atoms with Gasteiger partial charge in [-0.05, 0) is 6.42 Å². The topological polar surface area (TPSA) is 0 Å². The van der Waals surface area contributed by atoms with E-state index in [0.717, 1.165) is 18.7 Å². The number of rotatable bonds is 6. The summed E-state index contributed by atoms with van der Waals surface area (Å²) < 4.78 is 0. The van der Waals surface area contributed by atoms with Crippen LogP contribution in [0.2, 0.25) is 0 Å². The first-order valence-corrected chi connectivity index (χ1v) is 7.96. The third-order valence-electron chi connectivity index (χ3n) is 1.49. The summed E-state index contributed by atoms with van der Waals surface area (Å²) in [5, 5.41) is 0. The van der Waals surface area contributed by atoms with Crippen molar-refractivity contribution >= 4 is 28.4 Å². The van der Waals surface area contributed by atoms with E-state index in [1.54, 1.807) is 0 Å². The lowest BCUT2D eigenvalue weighted by atomic mass is 10.3. The number of hydrogen-bond donors (Lipinski definition) is 0. The van der Waals surface area contributed by atoms with E-state index in [9.17, 15) is 0 Å². The molecule has 0 heterocycles. The molecular weight excluding hydrogens is 198 g/mol. The Morgan fingerprint density at radius 1 is 1.36 bits per heavy atom. The highest BCUT2D eigenvalue weighted by Crippen LogP contribution is 2.69. The van der Waals surface area contributed by atoms with Gasteiger partial charge < -0.3 is 0 Å². The van der Waals surface area contributed by atoms with Crippen LogP contribution in [0, 0.1) is 0 Å². The second kappa shape index (κ2) is 6.29. The molecule has 0 nitrogen and oxygen atoms in total. The largest absolute Gasteiger partial charge is 0.215 e. The van der Waals surface area contributed by atoms with Crippen molar-refractivity contribution in [3.8, 4) is 0 Å². The molecule has 0 atom stereocenters. The van der Waals surface area contributed by atoms with Crippen LogP contribution in [0.5, 0.6) is 0 Å². The van der Waals surface area contributed by atoms with Gasteiger partial charge in [-0.15, -0.1) is 0 Å². The summed E-state index contributed by atoms with van der Waals surface area (Å²) in [5.74, 6) is -1.65. The Morgan fingerprint density at radius 2 is 2.00 bits per heavy atom. The van der Waals surface area contributed by atoms with Gasteiger partial charge in [-0.2, -0.15) is 0 Å². The average Bonchev–Trinajstić information content (AvgIpc) is 1.87. The van der Waals surface area contributed by atoms with Crippen molar-refractivity contribution in [3.63, 3.8) is 0 Å². The van der Waals surface area contributed by atoms with Gasteiger partial charge >= 0.3 is 0 Å². The first-order valence-electron chi connectivity index (χ1n) is 3.99. The average molecular weight is 214 g/mol. The molecule has 0 amide bonds. The van der Waals surface area contributed by atoms with E-state index in [0.29, 0.717) is 0 Å². The van der Waals surface area contributed by atoms with Crippen LogP contribution in [0.3, 0.4) is 0 Å². The Kier molecular flexibility index (Phi) is 6.71. The standard InChI is InChI=1S/C8H16Cl2P/c1-3-5-6-8-11(9,10)7-4-2/h4H,2-3,5-8H2,1H3/q+1. The minimum atomic E-state index is -1.65. The number of allylic oxidation sites excluding steroid dienone is 1. The van der Waals surface area contributed by atoms with Crippen molar-refractivity contribution in [3.05, 3.63) is 12.7 Å². The van der Waals surface area contributed by atoms with Gasteiger partial charge in [-0.1, -0.05) is 32.4 Å². The molecule has 0 aliphatic rings. The predicted molar refractivity (Wildman–Crippen MR) is 58.1 cm³/mol. The van der Waals surface area contributed by atoms with Crippen LogP contribution in [0.4, 0.5) is 0 Å². The Balaban J connectivity index is 3.45. The Hall–Kier alpha value is 0.750. The van der Waals surface area contributed by atoms with Gasteiger partial charge in [-0.25, -0.2) is 0 Å². The summed E-state index contributed by atoms with van der Waals surface area (Å²) in [6, 6.07) is 0. The molecule has 66 valence electrons. The molecule has 0 aliphatic heterocycles. The Labute approximate surface area is 79.9 Å². The van der Waals surface area contributed by atoms with E-state index in [1.165, 1.54) is 12.8 Å². The van der Waals surface area contributed by atoms with E-state index in [1.807, 2.05) is 6.08 Å². The molecule has 0 aromatic rings. The van der Waals surface area contributed by atoms with Crippen LogP contribution in [-0.2, 0) is 0 Å². The first kappa shape index (κ1) is 11.8. The minimum Gasteiger partial charge on any atom is -0.0994 e. The highest BCUT2D eigenvalue weighted by Gasteiger charge is 2.31. The fraction of sp³-hybridized carbons (Fsp3) is 0.750. The van der Waals surface area contributed by atoms with Gasteiger partial charge in [0.1, 0.15) is 28.6 Å². The number of unbranched alkanes of at least 4 members (excludes halogenated alkanes) is 2. The van der Waals surface area contributed by atoms with E-state index in [-0.39, 0.29) is 0 Å². The van der Waals surface area contributed by atoms with Crippen LogP contribution in [0.1, 0.15) is 26.2 Å². The molecule has 0 fully saturated rings. The highest BCUT2D eigenvalue weighted by atomic mass is 35.9. The van der Waals surface area contributed by atoms with Gasteiger partial charge in [0.05, 0.1) is 6.16 Å². The van der Waals surface area contributed by atoms with Crippen molar-refractivity contribution in [2.45, 2.75) is 26.2 Å². The van der Waals surface area contributed by atoms with Gasteiger partial charge in [0.25, 0.3) is 0 Å². The normalized spacial score (nSPS) is 11.5. The van der Waals surface area contributed by atoms with Crippen LogP contribution in [0.25, 0.3) is 0 Å². The molecule has 0 N–H and O–H groups in total. The third kappa shape index (κ3) is 7.12. The second-order valence-corrected chi connectivity index (χ2v) is 9.41. The van der Waals surface area contributed by atoms with Crippen molar-refractivity contribution in [2.75, 3.05) is 12.3 Å². The SMILES string of the molecule is C=CC[P+](Cl)(Cl)CCCCC. The van der Waals surface area contributed by atoms with E-state index < -0.39 is 5.97 Å². The number of hydrogen-bond acceptors (Lipinski definition) is 0. The lowest BCUT2D eigenvalue weighted by Crippen LogP contribution is -1.89. The molecular formula is C8H16Cl2P+. The van der Waals surface area contributed by atoms with E-state index in [4.69, 9.17) is 22.5 Å². The summed E-state index contributed by atoms with van der Waals surface area (Å²) in [6.45, 7) is 5.81. The molecule has 0 aromatic carbocycles. The fourth-order valence-corrected chi connectivity index (χ4v) is 3.42. The van der Waals surface area contributed by atoms with Gasteiger partial charge in [0.2, 0.25) is 5.97 Å². The van der Waals surface area contributed by atoms with Crippen molar-refractivity contribution < 1.29 is 0 Å². The smallest absolute Gasteiger partial charge is 0.0994 e. The van der Waals surface area contributed by atoms with Crippen molar-refractivity contribution in [2.24, 2.45) is 0 Å². The maximum atomic E-state index is 6.08. The van der Waals surface area contributed by atoms with Gasteiger partial charge in [0.15, 0.2) is 0 Å². The molecule has 3 heteroatoms. The Bertz CT molecular complexity index is 113.